The van der Waals surface area contributed by atoms with Gasteiger partial charge in [-0.05, 0) is 17.7 Å². The molecule has 1 aromatic rings. The van der Waals surface area contributed by atoms with Crippen molar-refractivity contribution in [1.82, 2.24) is 0 Å². The van der Waals surface area contributed by atoms with E-state index in [4.69, 9.17) is 4.74 Å². The summed E-state index contributed by atoms with van der Waals surface area (Å²) >= 11 is 0. The highest BCUT2D eigenvalue weighted by molar-refractivity contribution is 7.65. The molecule has 0 aliphatic rings. The summed E-state index contributed by atoms with van der Waals surface area (Å²) in [4.78, 5) is 0. The molecule has 4 nitrogen and oxygen atoms in total. The third-order valence-electron chi connectivity index (χ3n) is 2.55. The van der Waals surface area contributed by atoms with Crippen molar-refractivity contribution in [1.29, 1.82) is 0 Å². The van der Waals surface area contributed by atoms with Gasteiger partial charge in [0.05, 0.1) is 12.4 Å². The van der Waals surface area contributed by atoms with E-state index >= 15 is 0 Å². The average Bonchev–Trinajstić information content (AvgIpc) is 2.49. The molecule has 0 saturated carbocycles. The van der Waals surface area contributed by atoms with Gasteiger partial charge in [-0.1, -0.05) is 18.7 Å². The van der Waals surface area contributed by atoms with Crippen molar-refractivity contribution in [2.24, 2.45) is 0 Å². The lowest BCUT2D eigenvalue weighted by Crippen LogP contribution is -2.20. The van der Waals surface area contributed by atoms with Crippen molar-refractivity contribution in [3.63, 3.8) is 0 Å². The molecule has 0 fully saturated rings. The Morgan fingerprint density at radius 2 is 1.42 bits per heavy atom. The molecule has 0 spiro atoms. The molecule has 0 bridgehead atoms. The first kappa shape index (κ1) is 20.5. The highest BCUT2D eigenvalue weighted by atomic mass is 31.2. The highest BCUT2D eigenvalue weighted by Crippen LogP contribution is 2.60. The van der Waals surface area contributed by atoms with Crippen LogP contribution in [0.2, 0.25) is 0 Å². The minimum Gasteiger partial charge on any atom is -0.497 e. The van der Waals surface area contributed by atoms with E-state index in [1.165, 1.54) is 31.4 Å². The van der Waals surface area contributed by atoms with Gasteiger partial charge in [0.2, 0.25) is 0 Å². The average molecular weight is 378 g/mol. The van der Waals surface area contributed by atoms with Crippen LogP contribution >= 0.6 is 7.60 Å². The Labute approximate surface area is 133 Å². The van der Waals surface area contributed by atoms with E-state index in [0.29, 0.717) is 5.75 Å². The van der Waals surface area contributed by atoms with E-state index in [-0.39, 0.29) is 5.56 Å². The van der Waals surface area contributed by atoms with E-state index in [9.17, 15) is 30.9 Å². The Hall–Kier alpha value is -1.51. The molecular formula is C13H13F6O4P. The first-order valence-electron chi connectivity index (χ1n) is 6.23. The SMILES string of the molecule is C=C(c1ccc(OC)cc1)P(=O)(OCC(F)(F)F)OCC(F)(F)F. The van der Waals surface area contributed by atoms with Gasteiger partial charge in [0.15, 0.2) is 13.2 Å². The lowest BCUT2D eigenvalue weighted by Gasteiger charge is -2.22. The summed E-state index contributed by atoms with van der Waals surface area (Å²) in [6.07, 6.45) is -9.81. The number of halogens is 6. The van der Waals surface area contributed by atoms with Gasteiger partial charge < -0.3 is 4.74 Å². The monoisotopic (exact) mass is 378 g/mol. The van der Waals surface area contributed by atoms with Crippen LogP contribution in [0, 0.1) is 0 Å². The van der Waals surface area contributed by atoms with Crippen LogP contribution in [-0.4, -0.2) is 32.7 Å². The number of methoxy groups -OCH3 is 1. The predicted octanol–water partition coefficient (Wildman–Crippen LogP) is 5.02. The first-order chi connectivity index (χ1) is 10.9. The van der Waals surface area contributed by atoms with Crippen LogP contribution in [0.15, 0.2) is 30.8 Å². The van der Waals surface area contributed by atoms with Gasteiger partial charge in [-0.2, -0.15) is 26.3 Å². The molecule has 0 aliphatic heterocycles. The summed E-state index contributed by atoms with van der Waals surface area (Å²) in [7, 11) is -3.57. The summed E-state index contributed by atoms with van der Waals surface area (Å²) < 4.78 is 99.1. The zero-order valence-electron chi connectivity index (χ0n) is 12.3. The zero-order valence-corrected chi connectivity index (χ0v) is 13.2. The van der Waals surface area contributed by atoms with E-state index in [1.54, 1.807) is 0 Å². The molecule has 0 aliphatic carbocycles. The lowest BCUT2D eigenvalue weighted by atomic mass is 10.2. The molecule has 0 heterocycles. The van der Waals surface area contributed by atoms with Gasteiger partial charge >= 0.3 is 19.9 Å². The van der Waals surface area contributed by atoms with Crippen molar-refractivity contribution < 1.29 is 44.7 Å². The van der Waals surface area contributed by atoms with Crippen LogP contribution in [0.25, 0.3) is 5.31 Å². The van der Waals surface area contributed by atoms with Crippen LogP contribution in [-0.2, 0) is 13.6 Å². The quantitative estimate of drug-likeness (QED) is 0.494. The fraction of sp³-hybridized carbons (Fsp3) is 0.385. The smallest absolute Gasteiger partial charge is 0.412 e. The minimum absolute atomic E-state index is 0.0107. The standard InChI is InChI=1S/C13H13F6O4P/c1-9(10-3-5-11(21-2)6-4-10)24(20,22-7-12(14,15)16)23-8-13(17,18)19/h3-6H,1,7-8H2,2H3. The molecule has 0 unspecified atom stereocenters. The number of hydrogen-bond acceptors (Lipinski definition) is 4. The van der Waals surface area contributed by atoms with Crippen molar-refractivity contribution in [3.8, 4) is 5.75 Å². The van der Waals surface area contributed by atoms with Crippen LogP contribution in [0.4, 0.5) is 26.3 Å². The molecule has 24 heavy (non-hydrogen) atoms. The number of benzene rings is 1. The number of rotatable bonds is 7. The van der Waals surface area contributed by atoms with Crippen molar-refractivity contribution in [3.05, 3.63) is 36.4 Å². The topological polar surface area (TPSA) is 44.8 Å². The summed E-state index contributed by atoms with van der Waals surface area (Å²) in [5.74, 6) is 0.369. The van der Waals surface area contributed by atoms with Crippen molar-refractivity contribution >= 4 is 12.9 Å². The molecule has 11 heteroatoms. The Bertz CT molecular complexity index is 586. The maximum Gasteiger partial charge on any atom is 0.412 e. The van der Waals surface area contributed by atoms with E-state index in [2.05, 4.69) is 15.6 Å². The second-order valence-corrected chi connectivity index (χ2v) is 6.50. The number of alkyl halides is 6. The molecule has 0 saturated heterocycles. The fourth-order valence-corrected chi connectivity index (χ4v) is 2.94. The van der Waals surface area contributed by atoms with Gasteiger partial charge in [0, 0.05) is 0 Å². The molecule has 0 atom stereocenters. The molecule has 0 N–H and O–H groups in total. The van der Waals surface area contributed by atoms with E-state index in [0.717, 1.165) is 0 Å². The van der Waals surface area contributed by atoms with E-state index < -0.39 is 38.5 Å². The second-order valence-electron chi connectivity index (χ2n) is 4.45. The third kappa shape index (κ3) is 6.54. The lowest BCUT2D eigenvalue weighted by molar-refractivity contribution is -0.164. The van der Waals surface area contributed by atoms with Gasteiger partial charge in [-0.25, -0.2) is 0 Å². The van der Waals surface area contributed by atoms with Crippen molar-refractivity contribution in [2.45, 2.75) is 12.4 Å². The third-order valence-corrected chi connectivity index (χ3v) is 4.41. The Morgan fingerprint density at radius 3 is 1.75 bits per heavy atom. The van der Waals surface area contributed by atoms with Gasteiger partial charge in [0.1, 0.15) is 5.75 Å². The second kappa shape index (κ2) is 7.58. The van der Waals surface area contributed by atoms with Crippen molar-refractivity contribution in [2.75, 3.05) is 20.3 Å². The van der Waals surface area contributed by atoms with Crippen LogP contribution in [0.3, 0.4) is 0 Å². The summed E-state index contributed by atoms with van der Waals surface area (Å²) in [6, 6.07) is 5.22. The molecular weight excluding hydrogens is 365 g/mol. The van der Waals surface area contributed by atoms with Gasteiger partial charge in [-0.15, -0.1) is 0 Å². The van der Waals surface area contributed by atoms with Crippen LogP contribution in [0.1, 0.15) is 5.56 Å². The summed E-state index contributed by atoms with van der Waals surface area (Å²) in [5, 5.41) is -0.626. The highest BCUT2D eigenvalue weighted by Gasteiger charge is 2.40. The Morgan fingerprint density at radius 1 is 1.00 bits per heavy atom. The summed E-state index contributed by atoms with van der Waals surface area (Å²) in [5.41, 5.74) is -0.0107. The first-order valence-corrected chi connectivity index (χ1v) is 7.77. The summed E-state index contributed by atoms with van der Waals surface area (Å²) in [6.45, 7) is -0.823. The maximum absolute atomic E-state index is 12.4. The molecule has 1 aromatic carbocycles. The zero-order chi connectivity index (χ0) is 18.6. The Balaban J connectivity index is 3.04. The molecule has 0 aromatic heterocycles. The number of hydrogen-bond donors (Lipinski definition) is 0. The van der Waals surface area contributed by atoms with Crippen LogP contribution in [0.5, 0.6) is 5.75 Å². The van der Waals surface area contributed by atoms with Crippen LogP contribution < -0.4 is 4.74 Å². The molecule has 0 amide bonds. The predicted molar refractivity (Wildman–Crippen MR) is 73.6 cm³/mol. The number of ether oxygens (including phenoxy) is 1. The Kier molecular flexibility index (Phi) is 6.49. The largest absolute Gasteiger partial charge is 0.497 e. The normalized spacial score (nSPS) is 13.0. The van der Waals surface area contributed by atoms with Gasteiger partial charge in [0.25, 0.3) is 0 Å². The van der Waals surface area contributed by atoms with Gasteiger partial charge in [-0.3, -0.25) is 13.6 Å². The van der Waals surface area contributed by atoms with E-state index in [1.807, 2.05) is 0 Å². The maximum atomic E-state index is 12.4. The molecule has 1 rings (SSSR count). The molecule has 0 radical (unpaired) electrons. The minimum atomic E-state index is -4.92. The fourth-order valence-electron chi connectivity index (χ4n) is 1.45. The molecule has 136 valence electrons.